The molecule has 1 heterocycles. The van der Waals surface area contributed by atoms with Gasteiger partial charge in [0.15, 0.2) is 0 Å². The van der Waals surface area contributed by atoms with Gasteiger partial charge < -0.3 is 5.32 Å². The first-order valence-corrected chi connectivity index (χ1v) is 6.96. The van der Waals surface area contributed by atoms with Crippen molar-refractivity contribution in [2.24, 2.45) is 0 Å². The van der Waals surface area contributed by atoms with Crippen molar-refractivity contribution in [3.8, 4) is 0 Å². The number of hydrogen-bond donors (Lipinski definition) is 1. The smallest absolute Gasteiger partial charge is 0.0279 e. The van der Waals surface area contributed by atoms with Crippen LogP contribution in [0.5, 0.6) is 0 Å². The van der Waals surface area contributed by atoms with Gasteiger partial charge in [0.2, 0.25) is 0 Å². The number of rotatable bonds is 5. The van der Waals surface area contributed by atoms with Crippen LogP contribution in [-0.4, -0.2) is 11.0 Å². The fourth-order valence-electron chi connectivity index (χ4n) is 1.60. The molecule has 3 heteroatoms. The van der Waals surface area contributed by atoms with Gasteiger partial charge in [-0.2, -0.15) is 0 Å². The monoisotopic (exact) mass is 258 g/mol. The van der Waals surface area contributed by atoms with Crippen LogP contribution in [0.4, 0.5) is 0 Å². The Labute approximate surface area is 113 Å². The average Bonchev–Trinajstić information content (AvgIpc) is 2.39. The summed E-state index contributed by atoms with van der Waals surface area (Å²) in [5.41, 5.74) is 1.34. The van der Waals surface area contributed by atoms with E-state index in [1.807, 2.05) is 24.5 Å². The Hall–Kier alpha value is -1.32. The maximum Gasteiger partial charge on any atom is 0.0279 e. The molecule has 0 saturated carbocycles. The van der Waals surface area contributed by atoms with Crippen LogP contribution < -0.4 is 5.32 Å². The fraction of sp³-hybridized carbons (Fsp3) is 0.267. The highest BCUT2D eigenvalue weighted by Crippen LogP contribution is 2.29. The first-order chi connectivity index (χ1) is 8.75. The molecular weight excluding hydrogens is 240 g/mol. The second-order valence-corrected chi connectivity index (χ2v) is 5.54. The molecule has 0 bridgehead atoms. The van der Waals surface area contributed by atoms with E-state index in [1.165, 1.54) is 15.4 Å². The van der Waals surface area contributed by atoms with E-state index in [0.29, 0.717) is 6.04 Å². The van der Waals surface area contributed by atoms with E-state index < -0.39 is 0 Å². The van der Waals surface area contributed by atoms with Gasteiger partial charge in [-0.15, -0.1) is 0 Å². The second kappa shape index (κ2) is 6.57. The minimum absolute atomic E-state index is 0.504. The minimum Gasteiger partial charge on any atom is -0.310 e. The molecular formula is C15H18N2S. The average molecular weight is 258 g/mol. The lowest BCUT2D eigenvalue weighted by atomic mass is 10.2. The van der Waals surface area contributed by atoms with Crippen LogP contribution in [0.15, 0.2) is 58.6 Å². The van der Waals surface area contributed by atoms with E-state index in [1.54, 1.807) is 11.8 Å². The van der Waals surface area contributed by atoms with Crippen LogP contribution >= 0.6 is 11.8 Å². The van der Waals surface area contributed by atoms with E-state index in [0.717, 1.165) is 6.54 Å². The zero-order chi connectivity index (χ0) is 12.8. The largest absolute Gasteiger partial charge is 0.310 e. The van der Waals surface area contributed by atoms with Gasteiger partial charge in [0, 0.05) is 34.8 Å². The summed E-state index contributed by atoms with van der Waals surface area (Å²) < 4.78 is 0. The summed E-state index contributed by atoms with van der Waals surface area (Å²) in [6, 6.07) is 13.1. The Kier molecular flexibility index (Phi) is 4.79. The molecule has 18 heavy (non-hydrogen) atoms. The Morgan fingerprint density at radius 3 is 2.56 bits per heavy atom. The highest BCUT2D eigenvalue weighted by molar-refractivity contribution is 7.99. The standard InChI is InChI=1S/C15H18N2S/c1-12(2)17-11-13-5-3-4-6-15(13)18-14-7-9-16-10-8-14/h3-10,12,17H,11H2,1-2H3. The molecule has 0 radical (unpaired) electrons. The molecule has 0 fully saturated rings. The van der Waals surface area contributed by atoms with E-state index in [4.69, 9.17) is 0 Å². The summed E-state index contributed by atoms with van der Waals surface area (Å²) in [5, 5.41) is 3.46. The lowest BCUT2D eigenvalue weighted by molar-refractivity contribution is 0.585. The molecule has 0 unspecified atom stereocenters. The summed E-state index contributed by atoms with van der Waals surface area (Å²) in [4.78, 5) is 6.57. The molecule has 1 aromatic carbocycles. The highest BCUT2D eigenvalue weighted by Gasteiger charge is 2.04. The first-order valence-electron chi connectivity index (χ1n) is 6.15. The number of benzene rings is 1. The van der Waals surface area contributed by atoms with Crippen LogP contribution in [0.1, 0.15) is 19.4 Å². The molecule has 94 valence electrons. The molecule has 1 aromatic heterocycles. The molecule has 2 aromatic rings. The molecule has 2 rings (SSSR count). The van der Waals surface area contributed by atoms with Gasteiger partial charge in [0.05, 0.1) is 0 Å². The number of nitrogens with zero attached hydrogens (tertiary/aromatic N) is 1. The van der Waals surface area contributed by atoms with E-state index >= 15 is 0 Å². The molecule has 0 saturated heterocycles. The van der Waals surface area contributed by atoms with Crippen molar-refractivity contribution >= 4 is 11.8 Å². The van der Waals surface area contributed by atoms with Gasteiger partial charge >= 0.3 is 0 Å². The quantitative estimate of drug-likeness (QED) is 0.884. The number of hydrogen-bond acceptors (Lipinski definition) is 3. The maximum absolute atomic E-state index is 4.04. The third-order valence-corrected chi connectivity index (χ3v) is 3.68. The molecule has 0 aliphatic rings. The van der Waals surface area contributed by atoms with Crippen molar-refractivity contribution in [3.05, 3.63) is 54.4 Å². The Balaban J connectivity index is 2.12. The molecule has 0 aliphatic heterocycles. The molecule has 0 spiro atoms. The van der Waals surface area contributed by atoms with Gasteiger partial charge in [-0.05, 0) is 23.8 Å². The van der Waals surface area contributed by atoms with Crippen LogP contribution in [0.3, 0.4) is 0 Å². The lowest BCUT2D eigenvalue weighted by Gasteiger charge is -2.12. The van der Waals surface area contributed by atoms with Crippen molar-refractivity contribution in [2.45, 2.75) is 36.2 Å². The number of nitrogens with one attached hydrogen (secondary N) is 1. The summed E-state index contributed by atoms with van der Waals surface area (Å²) in [5.74, 6) is 0. The van der Waals surface area contributed by atoms with Gasteiger partial charge in [-0.1, -0.05) is 43.8 Å². The predicted molar refractivity (Wildman–Crippen MR) is 76.8 cm³/mol. The fourth-order valence-corrected chi connectivity index (χ4v) is 2.53. The zero-order valence-corrected chi connectivity index (χ0v) is 11.6. The van der Waals surface area contributed by atoms with E-state index in [9.17, 15) is 0 Å². The summed E-state index contributed by atoms with van der Waals surface area (Å²) in [7, 11) is 0. The normalized spacial score (nSPS) is 10.8. The van der Waals surface area contributed by atoms with Crippen LogP contribution in [0.2, 0.25) is 0 Å². The van der Waals surface area contributed by atoms with Crippen molar-refractivity contribution in [1.29, 1.82) is 0 Å². The predicted octanol–water partition coefficient (Wildman–Crippen LogP) is 3.73. The molecule has 2 nitrogen and oxygen atoms in total. The van der Waals surface area contributed by atoms with Crippen LogP contribution in [0.25, 0.3) is 0 Å². The highest BCUT2D eigenvalue weighted by atomic mass is 32.2. The first kappa shape index (κ1) is 13.1. The van der Waals surface area contributed by atoms with Gasteiger partial charge in [0.25, 0.3) is 0 Å². The van der Waals surface area contributed by atoms with E-state index in [-0.39, 0.29) is 0 Å². The van der Waals surface area contributed by atoms with Gasteiger partial charge in [0.1, 0.15) is 0 Å². The van der Waals surface area contributed by atoms with Crippen LogP contribution in [0, 0.1) is 0 Å². The maximum atomic E-state index is 4.04. The Morgan fingerprint density at radius 2 is 1.83 bits per heavy atom. The molecule has 0 aliphatic carbocycles. The third kappa shape index (κ3) is 3.86. The number of pyridine rings is 1. The molecule has 1 N–H and O–H groups in total. The van der Waals surface area contributed by atoms with E-state index in [2.05, 4.69) is 48.4 Å². The van der Waals surface area contributed by atoms with Crippen molar-refractivity contribution in [2.75, 3.05) is 0 Å². The summed E-state index contributed by atoms with van der Waals surface area (Å²) in [6.07, 6.45) is 3.66. The lowest BCUT2D eigenvalue weighted by Crippen LogP contribution is -2.22. The van der Waals surface area contributed by atoms with Gasteiger partial charge in [-0.3, -0.25) is 4.98 Å². The zero-order valence-electron chi connectivity index (χ0n) is 10.8. The van der Waals surface area contributed by atoms with Gasteiger partial charge in [-0.25, -0.2) is 0 Å². The topological polar surface area (TPSA) is 24.9 Å². The van der Waals surface area contributed by atoms with Crippen molar-refractivity contribution in [3.63, 3.8) is 0 Å². The van der Waals surface area contributed by atoms with Crippen molar-refractivity contribution < 1.29 is 0 Å². The second-order valence-electron chi connectivity index (χ2n) is 4.43. The summed E-state index contributed by atoms with van der Waals surface area (Å²) in [6.45, 7) is 5.24. The van der Waals surface area contributed by atoms with Crippen molar-refractivity contribution in [1.82, 2.24) is 10.3 Å². The Morgan fingerprint density at radius 1 is 1.11 bits per heavy atom. The Bertz CT molecular complexity index is 483. The molecule has 0 atom stereocenters. The third-order valence-electron chi connectivity index (χ3n) is 2.55. The number of aromatic nitrogens is 1. The van der Waals surface area contributed by atoms with Crippen LogP contribution in [-0.2, 0) is 6.54 Å². The minimum atomic E-state index is 0.504. The SMILES string of the molecule is CC(C)NCc1ccccc1Sc1ccncc1. The summed E-state index contributed by atoms with van der Waals surface area (Å²) >= 11 is 1.79. The molecule has 0 amide bonds.